The zero-order chi connectivity index (χ0) is 18.7. The lowest BCUT2D eigenvalue weighted by Gasteiger charge is -2.05. The summed E-state index contributed by atoms with van der Waals surface area (Å²) in [6, 6.07) is 6.06. The van der Waals surface area contributed by atoms with E-state index in [-0.39, 0.29) is 5.91 Å². The molecule has 1 amide bonds. The number of rotatable bonds is 6. The van der Waals surface area contributed by atoms with Gasteiger partial charge in [-0.1, -0.05) is 17.7 Å². The highest BCUT2D eigenvalue weighted by molar-refractivity contribution is 5.93. The van der Waals surface area contributed by atoms with Gasteiger partial charge in [0.25, 0.3) is 5.91 Å². The van der Waals surface area contributed by atoms with Crippen LogP contribution in [-0.4, -0.2) is 37.2 Å². The summed E-state index contributed by atoms with van der Waals surface area (Å²) in [6.07, 6.45) is 5.56. The Kier molecular flexibility index (Phi) is 5.16. The number of aryl methyl sites for hydroxylation is 5. The van der Waals surface area contributed by atoms with Crippen LogP contribution < -0.4 is 5.32 Å². The monoisotopic (exact) mass is 352 g/mol. The van der Waals surface area contributed by atoms with Crippen molar-refractivity contribution in [3.8, 4) is 5.69 Å². The van der Waals surface area contributed by atoms with Gasteiger partial charge >= 0.3 is 0 Å². The number of nitrogens with one attached hydrogen (secondary N) is 1. The van der Waals surface area contributed by atoms with Crippen molar-refractivity contribution in [2.24, 2.45) is 7.05 Å². The molecule has 3 rings (SSSR count). The Bertz CT molecular complexity index is 924. The van der Waals surface area contributed by atoms with Crippen LogP contribution >= 0.6 is 0 Å². The number of nitrogens with zero attached hydrogens (tertiary/aromatic N) is 5. The average Bonchev–Trinajstić information content (AvgIpc) is 3.17. The number of benzene rings is 1. The summed E-state index contributed by atoms with van der Waals surface area (Å²) in [5.74, 6) is -0.190. The molecule has 0 aliphatic heterocycles. The molecule has 0 saturated carbocycles. The third-order valence-electron chi connectivity index (χ3n) is 4.25. The molecule has 0 aliphatic carbocycles. The molecule has 0 atom stereocenters. The SMILES string of the molecule is Cc1ccc(-n2nc(C)c(C(=O)NCCCc3cnn(C)c3)n2)c(C)c1. The summed E-state index contributed by atoms with van der Waals surface area (Å²) in [5.41, 5.74) is 5.29. The van der Waals surface area contributed by atoms with E-state index in [1.807, 2.05) is 45.4 Å². The lowest BCUT2D eigenvalue weighted by atomic mass is 10.1. The minimum absolute atomic E-state index is 0.190. The molecular weight excluding hydrogens is 328 g/mol. The molecule has 0 aliphatic rings. The molecule has 7 nitrogen and oxygen atoms in total. The van der Waals surface area contributed by atoms with E-state index in [0.29, 0.717) is 17.9 Å². The van der Waals surface area contributed by atoms with Crippen molar-refractivity contribution in [2.45, 2.75) is 33.6 Å². The Morgan fingerprint density at radius 2 is 2.00 bits per heavy atom. The van der Waals surface area contributed by atoms with Crippen molar-refractivity contribution in [1.29, 1.82) is 0 Å². The lowest BCUT2D eigenvalue weighted by Crippen LogP contribution is -2.26. The Balaban J connectivity index is 1.62. The molecular formula is C19H24N6O. The van der Waals surface area contributed by atoms with Gasteiger partial charge < -0.3 is 5.32 Å². The van der Waals surface area contributed by atoms with Gasteiger partial charge in [-0.15, -0.1) is 5.10 Å². The van der Waals surface area contributed by atoms with E-state index in [2.05, 4.69) is 26.7 Å². The van der Waals surface area contributed by atoms with Crippen LogP contribution in [0.25, 0.3) is 5.69 Å². The predicted molar refractivity (Wildman–Crippen MR) is 99.4 cm³/mol. The molecule has 0 radical (unpaired) electrons. The Hall–Kier alpha value is -2.96. The van der Waals surface area contributed by atoms with E-state index in [9.17, 15) is 4.79 Å². The molecule has 1 N–H and O–H groups in total. The number of carbonyl (C=O) groups is 1. The van der Waals surface area contributed by atoms with Gasteiger partial charge in [0.2, 0.25) is 0 Å². The second-order valence-electron chi connectivity index (χ2n) is 6.60. The van der Waals surface area contributed by atoms with Crippen molar-refractivity contribution >= 4 is 5.91 Å². The Labute approximate surface area is 153 Å². The summed E-state index contributed by atoms with van der Waals surface area (Å²) in [5, 5.41) is 15.9. The van der Waals surface area contributed by atoms with E-state index < -0.39 is 0 Å². The highest BCUT2D eigenvalue weighted by atomic mass is 16.2. The molecule has 2 aromatic heterocycles. The fourth-order valence-corrected chi connectivity index (χ4v) is 2.91. The van der Waals surface area contributed by atoms with Crippen molar-refractivity contribution in [1.82, 2.24) is 30.1 Å². The fraction of sp³-hybridized carbons (Fsp3) is 0.368. The van der Waals surface area contributed by atoms with Crippen LogP contribution in [0.5, 0.6) is 0 Å². The summed E-state index contributed by atoms with van der Waals surface area (Å²) in [4.78, 5) is 14.0. The third-order valence-corrected chi connectivity index (χ3v) is 4.25. The minimum atomic E-state index is -0.190. The third kappa shape index (κ3) is 3.99. The smallest absolute Gasteiger partial charge is 0.273 e. The maximum atomic E-state index is 12.4. The quantitative estimate of drug-likeness (QED) is 0.691. The van der Waals surface area contributed by atoms with E-state index in [1.54, 1.807) is 11.6 Å². The second kappa shape index (κ2) is 7.51. The van der Waals surface area contributed by atoms with Crippen LogP contribution in [-0.2, 0) is 13.5 Å². The molecule has 1 aromatic carbocycles. The van der Waals surface area contributed by atoms with Gasteiger partial charge in [-0.25, -0.2) is 0 Å². The van der Waals surface area contributed by atoms with Crippen LogP contribution in [0, 0.1) is 20.8 Å². The highest BCUT2D eigenvalue weighted by Gasteiger charge is 2.16. The first kappa shape index (κ1) is 17.8. The zero-order valence-corrected chi connectivity index (χ0v) is 15.7. The molecule has 0 fully saturated rings. The molecule has 0 saturated heterocycles. The van der Waals surface area contributed by atoms with Crippen LogP contribution in [0.2, 0.25) is 0 Å². The van der Waals surface area contributed by atoms with E-state index in [4.69, 9.17) is 0 Å². The van der Waals surface area contributed by atoms with Crippen molar-refractivity contribution < 1.29 is 4.79 Å². The highest BCUT2D eigenvalue weighted by Crippen LogP contribution is 2.15. The summed E-state index contributed by atoms with van der Waals surface area (Å²) in [6.45, 7) is 6.45. The molecule has 0 spiro atoms. The molecule has 26 heavy (non-hydrogen) atoms. The molecule has 0 unspecified atom stereocenters. The zero-order valence-electron chi connectivity index (χ0n) is 15.7. The second-order valence-corrected chi connectivity index (χ2v) is 6.60. The first-order chi connectivity index (χ1) is 12.4. The Morgan fingerprint density at radius 3 is 2.69 bits per heavy atom. The van der Waals surface area contributed by atoms with Gasteiger partial charge in [0.1, 0.15) is 0 Å². The lowest BCUT2D eigenvalue weighted by molar-refractivity contribution is 0.0947. The first-order valence-electron chi connectivity index (χ1n) is 8.71. The number of amides is 1. The predicted octanol–water partition coefficient (Wildman–Crippen LogP) is 2.29. The minimum Gasteiger partial charge on any atom is -0.351 e. The maximum absolute atomic E-state index is 12.4. The Morgan fingerprint density at radius 1 is 1.19 bits per heavy atom. The van der Waals surface area contributed by atoms with Gasteiger partial charge in [-0.3, -0.25) is 9.48 Å². The number of hydrogen-bond donors (Lipinski definition) is 1. The standard InChI is InChI=1S/C19H24N6O/c1-13-7-8-17(14(2)10-13)25-22-15(3)18(23-25)19(26)20-9-5-6-16-11-21-24(4)12-16/h7-8,10-12H,5-6,9H2,1-4H3,(H,20,26). The summed E-state index contributed by atoms with van der Waals surface area (Å²) in [7, 11) is 1.90. The first-order valence-corrected chi connectivity index (χ1v) is 8.71. The molecule has 0 bridgehead atoms. The van der Waals surface area contributed by atoms with Crippen LogP contribution in [0.15, 0.2) is 30.6 Å². The average molecular weight is 352 g/mol. The van der Waals surface area contributed by atoms with Gasteiger partial charge in [0, 0.05) is 19.8 Å². The number of aromatic nitrogens is 5. The van der Waals surface area contributed by atoms with Gasteiger partial charge in [0.15, 0.2) is 5.69 Å². The van der Waals surface area contributed by atoms with Crippen molar-refractivity contribution in [2.75, 3.05) is 6.54 Å². The molecule has 7 heteroatoms. The van der Waals surface area contributed by atoms with Gasteiger partial charge in [0.05, 0.1) is 17.6 Å². The molecule has 3 aromatic rings. The van der Waals surface area contributed by atoms with Gasteiger partial charge in [-0.2, -0.15) is 15.0 Å². The van der Waals surface area contributed by atoms with Crippen molar-refractivity contribution in [3.63, 3.8) is 0 Å². The van der Waals surface area contributed by atoms with Crippen LogP contribution in [0.1, 0.15) is 39.3 Å². The topological polar surface area (TPSA) is 77.6 Å². The fourth-order valence-electron chi connectivity index (χ4n) is 2.91. The summed E-state index contributed by atoms with van der Waals surface area (Å²) < 4.78 is 1.78. The number of hydrogen-bond acceptors (Lipinski definition) is 4. The van der Waals surface area contributed by atoms with Crippen LogP contribution in [0.3, 0.4) is 0 Å². The largest absolute Gasteiger partial charge is 0.351 e. The summed E-state index contributed by atoms with van der Waals surface area (Å²) >= 11 is 0. The van der Waals surface area contributed by atoms with E-state index in [0.717, 1.165) is 24.1 Å². The number of carbonyl (C=O) groups excluding carboxylic acids is 1. The van der Waals surface area contributed by atoms with Crippen LogP contribution in [0.4, 0.5) is 0 Å². The maximum Gasteiger partial charge on any atom is 0.273 e. The normalized spacial score (nSPS) is 10.9. The molecule has 136 valence electrons. The molecule has 2 heterocycles. The van der Waals surface area contributed by atoms with Crippen molar-refractivity contribution in [3.05, 3.63) is 58.7 Å². The van der Waals surface area contributed by atoms with Gasteiger partial charge in [-0.05, 0) is 50.8 Å². The van der Waals surface area contributed by atoms with E-state index in [1.165, 1.54) is 15.9 Å². The van der Waals surface area contributed by atoms with E-state index >= 15 is 0 Å².